The van der Waals surface area contributed by atoms with Gasteiger partial charge in [-0.2, -0.15) is 0 Å². The number of fused-ring (bicyclic) bond motifs is 3. The fraction of sp³-hybridized carbons (Fsp3) is 0.512. The van der Waals surface area contributed by atoms with E-state index < -0.39 is 0 Å². The van der Waals surface area contributed by atoms with Crippen LogP contribution in [-0.2, 0) is 18.4 Å². The third-order valence-corrected chi connectivity index (χ3v) is 9.39. The summed E-state index contributed by atoms with van der Waals surface area (Å²) in [6.07, 6.45) is 7.92. The van der Waals surface area contributed by atoms with E-state index in [2.05, 4.69) is 15.2 Å². The number of aromatic nitrogens is 6. The van der Waals surface area contributed by atoms with Gasteiger partial charge in [0.1, 0.15) is 5.75 Å². The lowest BCUT2D eigenvalue weighted by Crippen LogP contribution is -2.43. The van der Waals surface area contributed by atoms with Crippen molar-refractivity contribution < 1.29 is 29.6 Å². The zero-order valence-electron chi connectivity index (χ0n) is 33.6. The van der Waals surface area contributed by atoms with Gasteiger partial charge in [0, 0.05) is 25.8 Å². The molecule has 16 nitrogen and oxygen atoms in total. The minimum Gasteiger partial charge on any atom is -0.482 e. The molecule has 3 atom stereocenters. The van der Waals surface area contributed by atoms with Crippen molar-refractivity contribution in [3.63, 3.8) is 0 Å². The average Bonchev–Trinajstić information content (AvgIpc) is 3.58. The molecule has 0 spiro atoms. The maximum atomic E-state index is 12.3. The number of hydrogen-bond donors (Lipinski definition) is 4. The first kappa shape index (κ1) is 44.4. The summed E-state index contributed by atoms with van der Waals surface area (Å²) in [6, 6.07) is 14.8. The molecule has 1 aliphatic heterocycles. The molecule has 0 saturated carbocycles. The smallest absolute Gasteiger partial charge is 0.339 e. The maximum absolute atomic E-state index is 12.3. The van der Waals surface area contributed by atoms with E-state index in [-0.39, 0.29) is 47.8 Å². The molecule has 3 aromatic heterocycles. The van der Waals surface area contributed by atoms with Crippen LogP contribution in [0.4, 0.5) is 5.69 Å². The quantitative estimate of drug-likeness (QED) is 0.106. The number of benzene rings is 2. The molecule has 310 valence electrons. The van der Waals surface area contributed by atoms with E-state index in [4.69, 9.17) is 14.6 Å². The summed E-state index contributed by atoms with van der Waals surface area (Å²) in [7, 11) is 1.61. The van der Waals surface area contributed by atoms with Crippen molar-refractivity contribution in [3.8, 4) is 11.6 Å². The number of imidazole rings is 1. The van der Waals surface area contributed by atoms with Gasteiger partial charge in [0.15, 0.2) is 6.61 Å². The Kier molecular flexibility index (Phi) is 17.0. The number of carbonyl (C=O) groups excluding carboxylic acids is 1. The zero-order valence-corrected chi connectivity index (χ0v) is 33.6. The van der Waals surface area contributed by atoms with Crippen LogP contribution in [0.5, 0.6) is 11.6 Å². The van der Waals surface area contributed by atoms with Gasteiger partial charge < -0.3 is 29.7 Å². The third-order valence-electron chi connectivity index (χ3n) is 9.39. The Bertz CT molecular complexity index is 2220. The fourth-order valence-electron chi connectivity index (χ4n) is 6.29. The molecule has 4 heterocycles. The molecule has 4 N–H and O–H groups in total. The number of hydrogen-bond acceptors (Lipinski definition) is 11. The van der Waals surface area contributed by atoms with Crippen LogP contribution >= 0.6 is 0 Å². The van der Waals surface area contributed by atoms with E-state index in [1.54, 1.807) is 51.9 Å². The number of anilines is 1. The van der Waals surface area contributed by atoms with E-state index in [1.807, 2.05) is 42.5 Å². The van der Waals surface area contributed by atoms with Crippen LogP contribution < -0.4 is 31.3 Å². The number of amides is 1. The second-order valence-corrected chi connectivity index (χ2v) is 14.4. The molecular weight excluding hydrogens is 734 g/mol. The summed E-state index contributed by atoms with van der Waals surface area (Å²) in [5, 5.41) is 35.2. The summed E-state index contributed by atoms with van der Waals surface area (Å²) in [6.45, 7) is 8.75. The van der Waals surface area contributed by atoms with E-state index in [1.165, 1.54) is 13.5 Å². The van der Waals surface area contributed by atoms with Crippen LogP contribution in [0.25, 0.3) is 16.6 Å². The largest absolute Gasteiger partial charge is 0.482 e. The van der Waals surface area contributed by atoms with E-state index in [0.29, 0.717) is 55.3 Å². The molecule has 16 heteroatoms. The molecule has 0 saturated heterocycles. The van der Waals surface area contributed by atoms with Crippen molar-refractivity contribution >= 4 is 28.1 Å². The number of unbranched alkanes of at least 4 members (excludes halogenated alkanes) is 3. The van der Waals surface area contributed by atoms with Gasteiger partial charge in [0.25, 0.3) is 11.5 Å². The van der Waals surface area contributed by atoms with Gasteiger partial charge in [-0.05, 0) is 110 Å². The van der Waals surface area contributed by atoms with Crippen molar-refractivity contribution in [2.24, 2.45) is 7.05 Å². The molecule has 6 rings (SSSR count). The molecule has 2 aromatic carbocycles. The van der Waals surface area contributed by atoms with Crippen LogP contribution in [0.3, 0.4) is 0 Å². The number of nitrogens with one attached hydrogen (secondary N) is 1. The topological polar surface area (TPSA) is 207 Å². The number of carbonyl (C=O) groups is 1. The highest BCUT2D eigenvalue weighted by molar-refractivity contribution is 5.97. The SMILES string of the molecule is C[C@@H](O)CCCCN1C(=O)COc2ccccc21.C[C@@H](O)CCCCOc1n[nH]c(=O)c2ccccc12.Cc1cnc2n(C)c(=O)n(CCCC[C@@H](C)O)c(=O)n12. The first-order valence-electron chi connectivity index (χ1n) is 19.6. The molecular formula is C41H57N7O9. The highest BCUT2D eigenvalue weighted by Gasteiger charge is 2.24. The van der Waals surface area contributed by atoms with Crippen molar-refractivity contribution in [2.75, 3.05) is 24.7 Å². The Morgan fingerprint density at radius 3 is 2.05 bits per heavy atom. The second kappa shape index (κ2) is 21.8. The Morgan fingerprint density at radius 2 is 1.39 bits per heavy atom. The van der Waals surface area contributed by atoms with E-state index in [9.17, 15) is 29.4 Å². The second-order valence-electron chi connectivity index (χ2n) is 14.4. The lowest BCUT2D eigenvalue weighted by Gasteiger charge is -2.29. The summed E-state index contributed by atoms with van der Waals surface area (Å²) in [4.78, 5) is 53.8. The van der Waals surface area contributed by atoms with Crippen molar-refractivity contribution in [2.45, 2.75) is 110 Å². The van der Waals surface area contributed by atoms with Crippen LogP contribution in [0.2, 0.25) is 0 Å². The number of para-hydroxylation sites is 2. The minimum absolute atomic E-state index is 0.00532. The van der Waals surface area contributed by atoms with Gasteiger partial charge in [-0.3, -0.25) is 14.2 Å². The predicted octanol–water partition coefficient (Wildman–Crippen LogP) is 3.87. The van der Waals surface area contributed by atoms with Crippen LogP contribution in [0.1, 0.15) is 84.3 Å². The molecule has 0 radical (unpaired) electrons. The average molecular weight is 792 g/mol. The lowest BCUT2D eigenvalue weighted by atomic mass is 10.1. The van der Waals surface area contributed by atoms with Crippen LogP contribution in [0, 0.1) is 6.92 Å². The number of H-pyrrole nitrogens is 1. The number of rotatable bonds is 16. The van der Waals surface area contributed by atoms with Gasteiger partial charge in [-0.1, -0.05) is 24.3 Å². The number of aliphatic hydroxyl groups is 3. The van der Waals surface area contributed by atoms with Crippen LogP contribution in [0.15, 0.2) is 69.1 Å². The molecule has 0 bridgehead atoms. The number of aromatic amines is 1. The zero-order chi connectivity index (χ0) is 41.5. The van der Waals surface area contributed by atoms with Gasteiger partial charge in [-0.15, -0.1) is 5.10 Å². The van der Waals surface area contributed by atoms with Gasteiger partial charge >= 0.3 is 11.4 Å². The highest BCUT2D eigenvalue weighted by Crippen LogP contribution is 2.31. The summed E-state index contributed by atoms with van der Waals surface area (Å²) in [5.41, 5.74) is 0.640. The Morgan fingerprint density at radius 1 is 0.789 bits per heavy atom. The van der Waals surface area contributed by atoms with Crippen molar-refractivity contribution in [1.82, 2.24) is 28.7 Å². The minimum atomic E-state index is -0.356. The Balaban J connectivity index is 0.000000190. The van der Waals surface area contributed by atoms with Crippen LogP contribution in [-0.4, -0.2) is 88.0 Å². The summed E-state index contributed by atoms with van der Waals surface area (Å²) >= 11 is 0. The number of aryl methyl sites for hydroxylation is 2. The van der Waals surface area contributed by atoms with Crippen molar-refractivity contribution in [3.05, 3.63) is 91.7 Å². The first-order chi connectivity index (χ1) is 27.3. The molecule has 5 aromatic rings. The maximum Gasteiger partial charge on any atom is 0.339 e. The Labute approximate surface area is 331 Å². The van der Waals surface area contributed by atoms with Gasteiger partial charge in [0.2, 0.25) is 11.7 Å². The Hall–Kier alpha value is -5.32. The van der Waals surface area contributed by atoms with E-state index in [0.717, 1.165) is 61.8 Å². The number of ether oxygens (including phenoxy) is 2. The van der Waals surface area contributed by atoms with E-state index >= 15 is 0 Å². The fourth-order valence-corrected chi connectivity index (χ4v) is 6.29. The summed E-state index contributed by atoms with van der Waals surface area (Å²) in [5.74, 6) is 1.59. The molecule has 0 aliphatic carbocycles. The number of nitrogens with zero attached hydrogens (tertiary/aromatic N) is 6. The monoisotopic (exact) mass is 791 g/mol. The normalized spacial score (nSPS) is 13.8. The molecule has 57 heavy (non-hydrogen) atoms. The lowest BCUT2D eigenvalue weighted by molar-refractivity contribution is -0.121. The third kappa shape index (κ3) is 12.6. The first-order valence-corrected chi connectivity index (χ1v) is 19.6. The highest BCUT2D eigenvalue weighted by atomic mass is 16.5. The van der Waals surface area contributed by atoms with Gasteiger partial charge in [0.05, 0.1) is 47.6 Å². The summed E-state index contributed by atoms with van der Waals surface area (Å²) < 4.78 is 15.0. The van der Waals surface area contributed by atoms with Gasteiger partial charge in [-0.25, -0.2) is 28.6 Å². The van der Waals surface area contributed by atoms with Crippen molar-refractivity contribution in [1.29, 1.82) is 0 Å². The molecule has 1 aliphatic rings. The standard InChI is InChI=1S/C14H18N2O3.C14H19NO3.C13H20N4O3/c1-10(17)6-4-5-9-19-14-12-8-3-2-7-11(12)13(18)15-16-14;1-11(16)6-4-5-9-15-12-7-2-3-8-13(12)18-10-14(15)17;1-9-8-14-11-15(3)12(19)16(13(20)17(9)11)7-5-4-6-10(2)18/h2-3,7-8,10,17H,4-6,9H2,1H3,(H,15,18);2-3,7-8,11,16H,4-6,9-10H2,1H3;8,10,18H,4-7H2,1-3H3/t10-;11-;10-/m111/s1. The molecule has 0 fully saturated rings. The molecule has 0 unspecified atom stereocenters. The number of aliphatic hydroxyl groups excluding tert-OH is 3. The predicted molar refractivity (Wildman–Crippen MR) is 218 cm³/mol. The molecule has 1 amide bonds.